The van der Waals surface area contributed by atoms with E-state index < -0.39 is 0 Å². The Morgan fingerprint density at radius 3 is 2.07 bits per heavy atom. The summed E-state index contributed by atoms with van der Waals surface area (Å²) in [5.41, 5.74) is 5.29. The predicted molar refractivity (Wildman–Crippen MR) is 124 cm³/mol. The third-order valence-corrected chi connectivity index (χ3v) is 6.78. The lowest BCUT2D eigenvalue weighted by Crippen LogP contribution is -2.26. The van der Waals surface area contributed by atoms with E-state index >= 15 is 0 Å². The average molecular weight is 388 g/mol. The fourth-order valence-corrected chi connectivity index (χ4v) is 4.91. The highest BCUT2D eigenvalue weighted by Gasteiger charge is 2.34. The molecule has 1 aliphatic rings. The van der Waals surface area contributed by atoms with Gasteiger partial charge in [0.25, 0.3) is 0 Å². The van der Waals surface area contributed by atoms with Crippen molar-refractivity contribution in [1.82, 2.24) is 0 Å². The molecule has 2 aromatic carbocycles. The molecule has 2 unspecified atom stereocenters. The number of benzene rings is 2. The van der Waals surface area contributed by atoms with Gasteiger partial charge in [-0.05, 0) is 66.7 Å². The molecule has 1 nitrogen and oxygen atoms in total. The van der Waals surface area contributed by atoms with Crippen LogP contribution in [0.4, 0.5) is 0 Å². The summed E-state index contributed by atoms with van der Waals surface area (Å²) in [6, 6.07) is 20.8. The van der Waals surface area contributed by atoms with Crippen LogP contribution in [0.2, 0.25) is 0 Å². The van der Waals surface area contributed by atoms with Crippen molar-refractivity contribution in [3.63, 3.8) is 0 Å². The van der Waals surface area contributed by atoms with E-state index in [1.807, 2.05) is 0 Å². The number of hydrogen-bond donors (Lipinski definition) is 0. The van der Waals surface area contributed by atoms with Crippen molar-refractivity contribution in [3.05, 3.63) is 59.7 Å². The highest BCUT2D eigenvalue weighted by Crippen LogP contribution is 2.42. The molecule has 0 saturated heterocycles. The second-order valence-electron chi connectivity index (χ2n) is 9.30. The van der Waals surface area contributed by atoms with Gasteiger partial charge in [0.15, 0.2) is 0 Å². The predicted octanol–water partition coefficient (Wildman–Crippen LogP) is 8.13. The smallest absolute Gasteiger partial charge is 0.0689 e. The Balaban J connectivity index is 1.55. The van der Waals surface area contributed by atoms with E-state index in [1.165, 1.54) is 67.2 Å². The summed E-state index contributed by atoms with van der Waals surface area (Å²) in [5, 5.41) is 9.78. The van der Waals surface area contributed by atoms with Crippen LogP contribution in [0.15, 0.2) is 48.5 Å². The molecule has 1 saturated carbocycles. The lowest BCUT2D eigenvalue weighted by molar-refractivity contribution is 0.197. The maximum atomic E-state index is 9.78. The van der Waals surface area contributed by atoms with Crippen molar-refractivity contribution in [3.8, 4) is 17.2 Å². The van der Waals surface area contributed by atoms with Gasteiger partial charge in [-0.25, -0.2) is 0 Å². The van der Waals surface area contributed by atoms with Crippen LogP contribution in [0.1, 0.15) is 82.8 Å². The number of nitriles is 1. The third kappa shape index (κ3) is 6.20. The molecule has 0 heterocycles. The summed E-state index contributed by atoms with van der Waals surface area (Å²) in [7, 11) is 0. The van der Waals surface area contributed by atoms with Crippen LogP contribution < -0.4 is 0 Å². The van der Waals surface area contributed by atoms with Crippen LogP contribution in [-0.2, 0) is 12.8 Å². The normalized spacial score (nSPS) is 21.6. The Morgan fingerprint density at radius 1 is 0.897 bits per heavy atom. The van der Waals surface area contributed by atoms with Gasteiger partial charge in [-0.2, -0.15) is 5.26 Å². The van der Waals surface area contributed by atoms with Crippen molar-refractivity contribution in [2.24, 2.45) is 11.3 Å². The lowest BCUT2D eigenvalue weighted by Gasteiger charge is -2.34. The first-order valence-corrected chi connectivity index (χ1v) is 11.7. The molecule has 1 heteroatoms. The van der Waals surface area contributed by atoms with Crippen LogP contribution in [0, 0.1) is 22.7 Å². The number of unbranched alkanes of at least 4 members (excludes halogenated alkanes) is 3. The van der Waals surface area contributed by atoms with E-state index in [0.29, 0.717) is 5.92 Å². The van der Waals surface area contributed by atoms with Crippen LogP contribution in [0.3, 0.4) is 0 Å². The standard InChI is InChI=1S/C28H37N/c1-3-4-5-6-9-24-10-14-26(15-11-24)27-16-12-25(13-17-27)18-20-28(22-29)19-7-8-23(2)21-28/h10-17,23H,3-9,18-21H2,1-2H3. The highest BCUT2D eigenvalue weighted by atomic mass is 14.4. The molecule has 0 aliphatic heterocycles. The maximum absolute atomic E-state index is 9.78. The van der Waals surface area contributed by atoms with Crippen LogP contribution in [-0.4, -0.2) is 0 Å². The van der Waals surface area contributed by atoms with Gasteiger partial charge in [0.05, 0.1) is 11.5 Å². The second kappa shape index (κ2) is 10.6. The molecule has 2 atom stereocenters. The van der Waals surface area contributed by atoms with E-state index in [9.17, 15) is 5.26 Å². The number of nitrogens with zero attached hydrogens (tertiary/aromatic N) is 1. The van der Waals surface area contributed by atoms with Gasteiger partial charge >= 0.3 is 0 Å². The molecule has 0 radical (unpaired) electrons. The second-order valence-corrected chi connectivity index (χ2v) is 9.30. The fraction of sp³-hybridized carbons (Fsp3) is 0.536. The summed E-state index contributed by atoms with van der Waals surface area (Å²) in [5.74, 6) is 0.695. The lowest BCUT2D eigenvalue weighted by atomic mass is 9.68. The Kier molecular flexibility index (Phi) is 7.93. The summed E-state index contributed by atoms with van der Waals surface area (Å²) >= 11 is 0. The van der Waals surface area contributed by atoms with Crippen molar-refractivity contribution in [2.75, 3.05) is 0 Å². The molecule has 29 heavy (non-hydrogen) atoms. The van der Waals surface area contributed by atoms with Gasteiger partial charge in [0, 0.05) is 0 Å². The Hall–Kier alpha value is -2.07. The van der Waals surface area contributed by atoms with Gasteiger partial charge in [-0.15, -0.1) is 0 Å². The third-order valence-electron chi connectivity index (χ3n) is 6.78. The molecule has 1 aliphatic carbocycles. The molecular formula is C28H37N. The van der Waals surface area contributed by atoms with Crippen LogP contribution >= 0.6 is 0 Å². The van der Waals surface area contributed by atoms with E-state index in [2.05, 4.69) is 68.4 Å². The molecule has 0 N–H and O–H groups in total. The van der Waals surface area contributed by atoms with Crippen molar-refractivity contribution in [1.29, 1.82) is 5.26 Å². The van der Waals surface area contributed by atoms with Crippen molar-refractivity contribution < 1.29 is 0 Å². The van der Waals surface area contributed by atoms with E-state index in [-0.39, 0.29) is 5.41 Å². The zero-order chi connectivity index (χ0) is 20.5. The molecular weight excluding hydrogens is 350 g/mol. The van der Waals surface area contributed by atoms with Crippen LogP contribution in [0.5, 0.6) is 0 Å². The Labute approximate surface area is 178 Å². The molecule has 0 bridgehead atoms. The summed E-state index contributed by atoms with van der Waals surface area (Å²) in [6.45, 7) is 4.56. The van der Waals surface area contributed by atoms with Gasteiger partial charge in [-0.3, -0.25) is 0 Å². The molecule has 1 fully saturated rings. The minimum absolute atomic E-state index is 0.0940. The summed E-state index contributed by atoms with van der Waals surface area (Å²) < 4.78 is 0. The monoisotopic (exact) mass is 387 g/mol. The van der Waals surface area contributed by atoms with Crippen molar-refractivity contribution in [2.45, 2.75) is 84.5 Å². The number of hydrogen-bond acceptors (Lipinski definition) is 1. The quantitative estimate of drug-likeness (QED) is 0.398. The van der Waals surface area contributed by atoms with Gasteiger partial charge in [-0.1, -0.05) is 94.5 Å². The Bertz CT molecular complexity index is 781. The molecule has 2 aromatic rings. The fourth-order valence-electron chi connectivity index (χ4n) is 4.91. The van der Waals surface area contributed by atoms with Crippen molar-refractivity contribution >= 4 is 0 Å². The molecule has 154 valence electrons. The molecule has 0 spiro atoms. The molecule has 3 rings (SSSR count). The molecule has 0 amide bonds. The maximum Gasteiger partial charge on any atom is 0.0689 e. The minimum Gasteiger partial charge on any atom is -0.198 e. The topological polar surface area (TPSA) is 23.8 Å². The van der Waals surface area contributed by atoms with E-state index in [4.69, 9.17) is 0 Å². The highest BCUT2D eigenvalue weighted by molar-refractivity contribution is 5.64. The van der Waals surface area contributed by atoms with Crippen LogP contribution in [0.25, 0.3) is 11.1 Å². The zero-order valence-corrected chi connectivity index (χ0v) is 18.4. The first-order valence-electron chi connectivity index (χ1n) is 11.7. The number of rotatable bonds is 9. The summed E-state index contributed by atoms with van der Waals surface area (Å²) in [4.78, 5) is 0. The first-order chi connectivity index (χ1) is 14.1. The van der Waals surface area contributed by atoms with Gasteiger partial charge < -0.3 is 0 Å². The average Bonchev–Trinajstić information content (AvgIpc) is 2.76. The van der Waals surface area contributed by atoms with Gasteiger partial charge in [0.1, 0.15) is 0 Å². The van der Waals surface area contributed by atoms with Gasteiger partial charge in [0.2, 0.25) is 0 Å². The van der Waals surface area contributed by atoms with E-state index in [1.54, 1.807) is 0 Å². The number of aryl methyl sites for hydroxylation is 2. The summed E-state index contributed by atoms with van der Waals surface area (Å²) in [6.07, 6.45) is 13.1. The minimum atomic E-state index is -0.0940. The largest absolute Gasteiger partial charge is 0.198 e. The zero-order valence-electron chi connectivity index (χ0n) is 18.4. The molecule has 0 aromatic heterocycles. The SMILES string of the molecule is CCCCCCc1ccc(-c2ccc(CCC3(C#N)CCCC(C)C3)cc2)cc1. The Morgan fingerprint density at radius 2 is 1.52 bits per heavy atom. The first kappa shape index (κ1) is 21.6. The van der Waals surface area contributed by atoms with E-state index in [0.717, 1.165) is 25.7 Å².